The van der Waals surface area contributed by atoms with Crippen LogP contribution in [0.15, 0.2) is 42.5 Å². The molecule has 0 atom stereocenters. The molecule has 8 heteroatoms. The number of ether oxygens (including phenoxy) is 2. The van der Waals surface area contributed by atoms with Gasteiger partial charge in [-0.1, -0.05) is 41.4 Å². The number of benzene rings is 2. The molecule has 0 saturated heterocycles. The summed E-state index contributed by atoms with van der Waals surface area (Å²) in [5.41, 5.74) is 2.03. The standard InChI is InChI=1S/C19H15Cl2N3O3/c20-12-5-2-1-4-11(12)14-9-16(24-23-14)19(25)22-15-10-18-17(8-13(15)21)26-6-3-7-27-18/h1-2,4-5,8-10H,3,6-7H2,(H,22,25)(H,23,24). The number of nitrogens with zero attached hydrogens (tertiary/aromatic N) is 1. The van der Waals surface area contributed by atoms with Gasteiger partial charge in [0.1, 0.15) is 5.69 Å². The van der Waals surface area contributed by atoms with Gasteiger partial charge in [0.25, 0.3) is 5.91 Å². The second-order valence-electron chi connectivity index (χ2n) is 5.93. The second-order valence-corrected chi connectivity index (χ2v) is 6.74. The normalized spacial score (nSPS) is 13.1. The third-order valence-electron chi connectivity index (χ3n) is 4.06. The summed E-state index contributed by atoms with van der Waals surface area (Å²) in [4.78, 5) is 12.6. The highest BCUT2D eigenvalue weighted by Crippen LogP contribution is 2.38. The van der Waals surface area contributed by atoms with Crippen LogP contribution in [0.3, 0.4) is 0 Å². The molecule has 1 aliphatic rings. The highest BCUT2D eigenvalue weighted by atomic mass is 35.5. The van der Waals surface area contributed by atoms with Gasteiger partial charge >= 0.3 is 0 Å². The number of hydrogen-bond donors (Lipinski definition) is 2. The fourth-order valence-electron chi connectivity index (χ4n) is 2.71. The fourth-order valence-corrected chi connectivity index (χ4v) is 3.15. The van der Waals surface area contributed by atoms with E-state index in [-0.39, 0.29) is 11.6 Å². The van der Waals surface area contributed by atoms with E-state index in [0.717, 1.165) is 12.0 Å². The Labute approximate surface area is 165 Å². The molecule has 2 aromatic carbocycles. The van der Waals surface area contributed by atoms with Crippen molar-refractivity contribution in [1.82, 2.24) is 10.2 Å². The number of nitrogens with one attached hydrogen (secondary N) is 2. The largest absolute Gasteiger partial charge is 0.490 e. The Morgan fingerprint density at radius 3 is 2.56 bits per heavy atom. The minimum atomic E-state index is -0.378. The van der Waals surface area contributed by atoms with Crippen molar-refractivity contribution in [2.45, 2.75) is 6.42 Å². The number of amides is 1. The van der Waals surface area contributed by atoms with E-state index < -0.39 is 0 Å². The van der Waals surface area contributed by atoms with Gasteiger partial charge in [-0.3, -0.25) is 9.89 Å². The molecule has 0 spiro atoms. The van der Waals surface area contributed by atoms with Gasteiger partial charge in [0.15, 0.2) is 11.5 Å². The molecule has 1 amide bonds. The monoisotopic (exact) mass is 403 g/mol. The number of aromatic amines is 1. The van der Waals surface area contributed by atoms with Gasteiger partial charge in [0, 0.05) is 24.1 Å². The van der Waals surface area contributed by atoms with Crippen LogP contribution in [-0.2, 0) is 0 Å². The molecular formula is C19H15Cl2N3O3. The van der Waals surface area contributed by atoms with E-state index in [1.807, 2.05) is 18.2 Å². The first-order valence-electron chi connectivity index (χ1n) is 8.32. The van der Waals surface area contributed by atoms with Gasteiger partial charge in [-0.15, -0.1) is 0 Å². The van der Waals surface area contributed by atoms with Crippen LogP contribution in [-0.4, -0.2) is 29.3 Å². The molecule has 1 aliphatic heterocycles. The number of fused-ring (bicyclic) bond motifs is 1. The van der Waals surface area contributed by atoms with Gasteiger partial charge < -0.3 is 14.8 Å². The highest BCUT2D eigenvalue weighted by molar-refractivity contribution is 6.34. The van der Waals surface area contributed by atoms with Gasteiger partial charge in [0.05, 0.1) is 34.6 Å². The average molecular weight is 404 g/mol. The summed E-state index contributed by atoms with van der Waals surface area (Å²) in [7, 11) is 0. The Morgan fingerprint density at radius 2 is 1.78 bits per heavy atom. The van der Waals surface area contributed by atoms with E-state index in [2.05, 4.69) is 15.5 Å². The predicted molar refractivity (Wildman–Crippen MR) is 104 cm³/mol. The second kappa shape index (κ2) is 7.50. The fraction of sp³-hybridized carbons (Fsp3) is 0.158. The summed E-state index contributed by atoms with van der Waals surface area (Å²) < 4.78 is 11.2. The Morgan fingerprint density at radius 1 is 1.04 bits per heavy atom. The summed E-state index contributed by atoms with van der Waals surface area (Å²) in [6.45, 7) is 1.11. The van der Waals surface area contributed by atoms with Crippen LogP contribution < -0.4 is 14.8 Å². The molecule has 1 aromatic heterocycles. The number of anilines is 1. The summed E-state index contributed by atoms with van der Waals surface area (Å²) >= 11 is 12.5. The molecule has 3 aromatic rings. The maximum Gasteiger partial charge on any atom is 0.273 e. The third kappa shape index (κ3) is 3.72. The summed E-state index contributed by atoms with van der Waals surface area (Å²) in [5, 5.41) is 10.6. The molecular weight excluding hydrogens is 389 g/mol. The molecule has 2 N–H and O–H groups in total. The number of carbonyl (C=O) groups is 1. The van der Waals surface area contributed by atoms with E-state index >= 15 is 0 Å². The lowest BCUT2D eigenvalue weighted by molar-refractivity contribution is 0.102. The minimum absolute atomic E-state index is 0.285. The number of carbonyl (C=O) groups excluding carboxylic acids is 1. The Hall–Kier alpha value is -2.70. The predicted octanol–water partition coefficient (Wildman–Crippen LogP) is 4.80. The summed E-state index contributed by atoms with van der Waals surface area (Å²) in [6.07, 6.45) is 0.785. The van der Waals surface area contributed by atoms with E-state index in [4.69, 9.17) is 32.7 Å². The molecule has 6 nitrogen and oxygen atoms in total. The van der Waals surface area contributed by atoms with Crippen LogP contribution >= 0.6 is 23.2 Å². The zero-order chi connectivity index (χ0) is 18.8. The van der Waals surface area contributed by atoms with Crippen molar-refractivity contribution in [2.75, 3.05) is 18.5 Å². The molecule has 0 bridgehead atoms. The van der Waals surface area contributed by atoms with Crippen LogP contribution in [0.4, 0.5) is 5.69 Å². The number of aromatic nitrogens is 2. The topological polar surface area (TPSA) is 76.2 Å². The summed E-state index contributed by atoms with van der Waals surface area (Å²) in [5.74, 6) is 0.740. The lowest BCUT2D eigenvalue weighted by atomic mass is 10.1. The zero-order valence-corrected chi connectivity index (χ0v) is 15.6. The van der Waals surface area contributed by atoms with E-state index in [9.17, 15) is 4.79 Å². The van der Waals surface area contributed by atoms with Crippen molar-refractivity contribution in [3.63, 3.8) is 0 Å². The van der Waals surface area contributed by atoms with Gasteiger partial charge in [-0.2, -0.15) is 5.10 Å². The quantitative estimate of drug-likeness (QED) is 0.658. The van der Waals surface area contributed by atoms with Crippen LogP contribution in [0.2, 0.25) is 10.0 Å². The molecule has 0 radical (unpaired) electrons. The molecule has 0 fully saturated rings. The highest BCUT2D eigenvalue weighted by Gasteiger charge is 2.18. The lowest BCUT2D eigenvalue weighted by Crippen LogP contribution is -2.13. The van der Waals surface area contributed by atoms with E-state index in [1.165, 1.54) is 0 Å². The smallest absolute Gasteiger partial charge is 0.273 e. The van der Waals surface area contributed by atoms with Crippen molar-refractivity contribution in [3.8, 4) is 22.8 Å². The van der Waals surface area contributed by atoms with E-state index in [0.29, 0.717) is 46.1 Å². The maximum atomic E-state index is 12.6. The summed E-state index contributed by atoms with van der Waals surface area (Å²) in [6, 6.07) is 12.2. The minimum Gasteiger partial charge on any atom is -0.490 e. The zero-order valence-electron chi connectivity index (χ0n) is 14.1. The number of rotatable bonds is 3. The Bertz CT molecular complexity index is 1000. The molecule has 27 heavy (non-hydrogen) atoms. The van der Waals surface area contributed by atoms with Crippen molar-refractivity contribution in [1.29, 1.82) is 0 Å². The molecule has 0 unspecified atom stereocenters. The Balaban J connectivity index is 1.56. The first kappa shape index (κ1) is 17.7. The number of H-pyrrole nitrogens is 1. The van der Waals surface area contributed by atoms with Crippen molar-refractivity contribution >= 4 is 34.8 Å². The van der Waals surface area contributed by atoms with E-state index in [1.54, 1.807) is 24.3 Å². The Kier molecular flexibility index (Phi) is 4.92. The maximum absolute atomic E-state index is 12.6. The molecule has 0 saturated carbocycles. The van der Waals surface area contributed by atoms with Crippen LogP contribution in [0.25, 0.3) is 11.3 Å². The first-order chi connectivity index (χ1) is 13.1. The molecule has 2 heterocycles. The van der Waals surface area contributed by atoms with Gasteiger partial charge in [-0.25, -0.2) is 0 Å². The van der Waals surface area contributed by atoms with Crippen LogP contribution in [0, 0.1) is 0 Å². The first-order valence-corrected chi connectivity index (χ1v) is 9.08. The van der Waals surface area contributed by atoms with Crippen molar-refractivity contribution in [2.24, 2.45) is 0 Å². The molecule has 4 rings (SSSR count). The SMILES string of the molecule is O=C(Nc1cc2c(cc1Cl)OCCCO2)c1cc(-c2ccccc2Cl)n[nH]1. The molecule has 0 aliphatic carbocycles. The van der Waals surface area contributed by atoms with Crippen LogP contribution in [0.5, 0.6) is 11.5 Å². The van der Waals surface area contributed by atoms with Crippen LogP contribution in [0.1, 0.15) is 16.9 Å². The van der Waals surface area contributed by atoms with Crippen molar-refractivity contribution < 1.29 is 14.3 Å². The number of halogens is 2. The number of hydrogen-bond acceptors (Lipinski definition) is 4. The van der Waals surface area contributed by atoms with Gasteiger partial charge in [0.2, 0.25) is 0 Å². The van der Waals surface area contributed by atoms with Gasteiger partial charge in [-0.05, 0) is 12.1 Å². The van der Waals surface area contributed by atoms with Crippen molar-refractivity contribution in [3.05, 3.63) is 58.2 Å². The average Bonchev–Trinajstić information content (AvgIpc) is 3.04. The lowest BCUT2D eigenvalue weighted by Gasteiger charge is -2.12. The molecule has 138 valence electrons. The third-order valence-corrected chi connectivity index (χ3v) is 4.70.